The smallest absolute Gasteiger partial charge is 0.244 e. The molecule has 1 N–H and O–H groups in total. The molecule has 196 valence electrons. The van der Waals surface area contributed by atoms with Crippen LogP contribution in [-0.4, -0.2) is 62.3 Å². The summed E-state index contributed by atoms with van der Waals surface area (Å²) >= 11 is 0. The summed E-state index contributed by atoms with van der Waals surface area (Å²) < 4.78 is 26.4. The molecule has 0 aliphatic rings. The number of benzene rings is 2. The van der Waals surface area contributed by atoms with E-state index in [1.54, 1.807) is 18.2 Å². The first kappa shape index (κ1) is 29.0. The summed E-state index contributed by atoms with van der Waals surface area (Å²) in [6, 6.07) is 15.0. The Morgan fingerprint density at radius 1 is 0.972 bits per heavy atom. The lowest BCUT2D eigenvalue weighted by Crippen LogP contribution is -2.54. The Morgan fingerprint density at radius 3 is 2.19 bits per heavy atom. The maximum atomic E-state index is 13.6. The summed E-state index contributed by atoms with van der Waals surface area (Å²) in [7, 11) is -3.86. The van der Waals surface area contributed by atoms with E-state index < -0.39 is 28.5 Å². The van der Waals surface area contributed by atoms with E-state index in [9.17, 15) is 22.8 Å². The van der Waals surface area contributed by atoms with Gasteiger partial charge >= 0.3 is 0 Å². The van der Waals surface area contributed by atoms with Crippen LogP contribution in [-0.2, 0) is 26.0 Å². The summed E-state index contributed by atoms with van der Waals surface area (Å²) in [5.74, 6) is -0.970. The maximum absolute atomic E-state index is 13.6. The Hall–Kier alpha value is -3.20. The highest BCUT2D eigenvalue weighted by Crippen LogP contribution is 2.21. The Balaban J connectivity index is 2.40. The molecule has 2 aromatic rings. The van der Waals surface area contributed by atoms with Gasteiger partial charge in [-0.25, -0.2) is 8.42 Å². The van der Waals surface area contributed by atoms with Crippen LogP contribution in [0.2, 0.25) is 0 Å². The standard InChI is InChI=1S/C27H37N3O5S/c1-6-20(3)28-27(33)25(7-2)29(17-16-22-12-9-8-10-13-22)26(32)19-30(36(5,34)35)24-15-11-14-23(18-24)21(4)31/h8-15,18,20,25H,6-7,16-17,19H2,1-5H3,(H,28,33). The molecular formula is C27H37N3O5S. The van der Waals surface area contributed by atoms with E-state index in [0.29, 0.717) is 18.4 Å². The molecule has 2 aromatic carbocycles. The lowest BCUT2D eigenvalue weighted by atomic mass is 10.1. The third-order valence-corrected chi connectivity index (χ3v) is 7.23. The van der Waals surface area contributed by atoms with Crippen LogP contribution in [0.4, 0.5) is 5.69 Å². The van der Waals surface area contributed by atoms with Crippen molar-refractivity contribution in [2.24, 2.45) is 0 Å². The molecule has 0 heterocycles. The van der Waals surface area contributed by atoms with Crippen LogP contribution in [0, 0.1) is 0 Å². The number of nitrogens with one attached hydrogen (secondary N) is 1. The normalized spacial score (nSPS) is 12.9. The number of sulfonamides is 1. The fourth-order valence-corrected chi connectivity index (χ4v) is 4.67. The predicted octanol–water partition coefficient (Wildman–Crippen LogP) is 3.42. The second-order valence-corrected chi connectivity index (χ2v) is 10.8. The molecule has 0 saturated heterocycles. The molecule has 0 fully saturated rings. The van der Waals surface area contributed by atoms with Crippen molar-refractivity contribution in [1.82, 2.24) is 10.2 Å². The van der Waals surface area contributed by atoms with Crippen LogP contribution in [0.1, 0.15) is 56.5 Å². The highest BCUT2D eigenvalue weighted by Gasteiger charge is 2.31. The molecule has 2 atom stereocenters. The monoisotopic (exact) mass is 515 g/mol. The van der Waals surface area contributed by atoms with Crippen molar-refractivity contribution in [2.45, 2.75) is 59.0 Å². The number of anilines is 1. The van der Waals surface area contributed by atoms with Gasteiger partial charge in [-0.1, -0.05) is 56.3 Å². The minimum atomic E-state index is -3.86. The van der Waals surface area contributed by atoms with E-state index in [4.69, 9.17) is 0 Å². The molecule has 0 aliphatic carbocycles. The van der Waals surface area contributed by atoms with Gasteiger partial charge < -0.3 is 10.2 Å². The van der Waals surface area contributed by atoms with E-state index in [1.165, 1.54) is 17.9 Å². The van der Waals surface area contributed by atoms with Crippen molar-refractivity contribution >= 4 is 33.3 Å². The summed E-state index contributed by atoms with van der Waals surface area (Å²) in [5, 5.41) is 2.95. The van der Waals surface area contributed by atoms with Crippen LogP contribution >= 0.6 is 0 Å². The lowest BCUT2D eigenvalue weighted by molar-refractivity contribution is -0.139. The molecule has 9 heteroatoms. The fraction of sp³-hybridized carbons (Fsp3) is 0.444. The maximum Gasteiger partial charge on any atom is 0.244 e. The minimum absolute atomic E-state index is 0.0561. The highest BCUT2D eigenvalue weighted by molar-refractivity contribution is 7.92. The number of hydrogen-bond acceptors (Lipinski definition) is 5. The van der Waals surface area contributed by atoms with Gasteiger partial charge in [0.2, 0.25) is 21.8 Å². The van der Waals surface area contributed by atoms with Crippen LogP contribution < -0.4 is 9.62 Å². The van der Waals surface area contributed by atoms with E-state index in [2.05, 4.69) is 5.32 Å². The van der Waals surface area contributed by atoms with Crippen molar-refractivity contribution in [3.05, 3.63) is 65.7 Å². The Bertz CT molecular complexity index is 1150. The first-order chi connectivity index (χ1) is 17.0. The Kier molecular flexibility index (Phi) is 10.6. The molecule has 36 heavy (non-hydrogen) atoms. The number of nitrogens with zero attached hydrogens (tertiary/aromatic N) is 2. The molecule has 8 nitrogen and oxygen atoms in total. The van der Waals surface area contributed by atoms with E-state index in [1.807, 2.05) is 51.1 Å². The number of hydrogen-bond donors (Lipinski definition) is 1. The number of Topliss-reactive ketones (excluding diaryl/α,β-unsaturated/α-hetero) is 1. The van der Waals surface area contributed by atoms with Crippen LogP contribution in [0.25, 0.3) is 0 Å². The Morgan fingerprint density at radius 2 is 1.64 bits per heavy atom. The van der Waals surface area contributed by atoms with Crippen molar-refractivity contribution in [3.8, 4) is 0 Å². The number of ketones is 1. The molecule has 0 bridgehead atoms. The van der Waals surface area contributed by atoms with Gasteiger partial charge in [-0.2, -0.15) is 0 Å². The zero-order valence-corrected chi connectivity index (χ0v) is 22.5. The third kappa shape index (κ3) is 8.19. The molecule has 0 aromatic heterocycles. The quantitative estimate of drug-likeness (QED) is 0.412. The number of carbonyl (C=O) groups excluding carboxylic acids is 3. The van der Waals surface area contributed by atoms with Crippen LogP contribution in [0.3, 0.4) is 0 Å². The van der Waals surface area contributed by atoms with Crippen molar-refractivity contribution in [1.29, 1.82) is 0 Å². The minimum Gasteiger partial charge on any atom is -0.352 e. The molecule has 0 saturated carbocycles. The predicted molar refractivity (Wildman–Crippen MR) is 142 cm³/mol. The summed E-state index contributed by atoms with van der Waals surface area (Å²) in [5.41, 5.74) is 1.56. The highest BCUT2D eigenvalue weighted by atomic mass is 32.2. The lowest BCUT2D eigenvalue weighted by Gasteiger charge is -2.33. The van der Waals surface area contributed by atoms with Gasteiger partial charge in [-0.15, -0.1) is 0 Å². The fourth-order valence-electron chi connectivity index (χ4n) is 3.83. The zero-order valence-electron chi connectivity index (χ0n) is 21.7. The summed E-state index contributed by atoms with van der Waals surface area (Å²) in [6.45, 7) is 6.84. The van der Waals surface area contributed by atoms with Gasteiger partial charge in [0.05, 0.1) is 11.9 Å². The van der Waals surface area contributed by atoms with Gasteiger partial charge in [0.15, 0.2) is 5.78 Å². The molecule has 0 radical (unpaired) electrons. The molecular weight excluding hydrogens is 478 g/mol. The second-order valence-electron chi connectivity index (χ2n) is 8.94. The van der Waals surface area contributed by atoms with Crippen molar-refractivity contribution in [3.63, 3.8) is 0 Å². The van der Waals surface area contributed by atoms with Gasteiger partial charge in [0, 0.05) is 18.2 Å². The molecule has 0 spiro atoms. The molecule has 2 amide bonds. The Labute approximate surface area is 214 Å². The molecule has 2 unspecified atom stereocenters. The zero-order chi connectivity index (χ0) is 26.9. The topological polar surface area (TPSA) is 104 Å². The third-order valence-electron chi connectivity index (χ3n) is 6.09. The summed E-state index contributed by atoms with van der Waals surface area (Å²) in [6.07, 6.45) is 2.65. The van der Waals surface area contributed by atoms with Gasteiger partial charge in [-0.05, 0) is 50.8 Å². The average Bonchev–Trinajstić information content (AvgIpc) is 2.84. The number of carbonyl (C=O) groups is 3. The van der Waals surface area contributed by atoms with Gasteiger partial charge in [0.25, 0.3) is 0 Å². The van der Waals surface area contributed by atoms with Gasteiger partial charge in [-0.3, -0.25) is 18.7 Å². The van der Waals surface area contributed by atoms with E-state index in [0.717, 1.165) is 22.5 Å². The number of rotatable bonds is 13. The SMILES string of the molecule is CCC(C)NC(=O)C(CC)N(CCc1ccccc1)C(=O)CN(c1cccc(C(C)=O)c1)S(C)(=O)=O. The van der Waals surface area contributed by atoms with Crippen LogP contribution in [0.15, 0.2) is 54.6 Å². The first-order valence-corrected chi connectivity index (χ1v) is 14.0. The van der Waals surface area contributed by atoms with E-state index in [-0.39, 0.29) is 30.0 Å². The van der Waals surface area contributed by atoms with Crippen molar-refractivity contribution in [2.75, 3.05) is 23.7 Å². The van der Waals surface area contributed by atoms with Crippen LogP contribution in [0.5, 0.6) is 0 Å². The van der Waals surface area contributed by atoms with Gasteiger partial charge in [0.1, 0.15) is 12.6 Å². The average molecular weight is 516 g/mol. The van der Waals surface area contributed by atoms with E-state index >= 15 is 0 Å². The van der Waals surface area contributed by atoms with Crippen molar-refractivity contribution < 1.29 is 22.8 Å². The molecule has 0 aliphatic heterocycles. The first-order valence-electron chi connectivity index (χ1n) is 12.2. The largest absolute Gasteiger partial charge is 0.352 e. The molecule has 2 rings (SSSR count). The second kappa shape index (κ2) is 13.2. The summed E-state index contributed by atoms with van der Waals surface area (Å²) in [4.78, 5) is 40.1. The number of amides is 2.